The molecule has 7 heteroatoms. The molecule has 0 spiro atoms. The van der Waals surface area contributed by atoms with Crippen LogP contribution in [0, 0.1) is 0 Å². The maximum absolute atomic E-state index is 13.5. The number of nitrogens with zero attached hydrogens (tertiary/aromatic N) is 4. The molecule has 2 aromatic carbocycles. The standard InChI is InChI=1S/C26H28N4O2S/c1-2-33-26-27-29(18-17-28-15-9-4-10-16-28)25(30(26)19-11-5-3-6-12-19)22-23(31)20-13-7-8-14-21(20)24(22)32/h3,5-8,11-14H,2,4,9-10,15-18H2,1H3. The molecule has 0 aromatic heterocycles. The van der Waals surface area contributed by atoms with Crippen molar-refractivity contribution in [1.29, 1.82) is 0 Å². The summed E-state index contributed by atoms with van der Waals surface area (Å²) >= 11 is 1.62. The quantitative estimate of drug-likeness (QED) is 0.480. The number of Topliss-reactive ketones (excluding diaryl/α,β-unsaturated/α-hetero) is 2. The number of amidine groups is 1. The van der Waals surface area contributed by atoms with Crippen LogP contribution in [0.5, 0.6) is 0 Å². The van der Waals surface area contributed by atoms with Crippen LogP contribution in [0.25, 0.3) is 0 Å². The highest BCUT2D eigenvalue weighted by Crippen LogP contribution is 2.38. The van der Waals surface area contributed by atoms with Crippen LogP contribution >= 0.6 is 11.8 Å². The Morgan fingerprint density at radius 2 is 1.48 bits per heavy atom. The highest BCUT2D eigenvalue weighted by Gasteiger charge is 2.42. The van der Waals surface area contributed by atoms with Crippen LogP contribution in [0.15, 0.2) is 71.1 Å². The molecule has 5 rings (SSSR count). The first-order valence-corrected chi connectivity index (χ1v) is 12.7. The summed E-state index contributed by atoms with van der Waals surface area (Å²) in [7, 11) is 0. The molecule has 3 aliphatic rings. The molecule has 0 amide bonds. The molecule has 33 heavy (non-hydrogen) atoms. The van der Waals surface area contributed by atoms with E-state index in [0.717, 1.165) is 36.2 Å². The van der Waals surface area contributed by atoms with Crippen molar-refractivity contribution in [2.24, 2.45) is 5.10 Å². The number of allylic oxidation sites excluding steroid dienone is 1. The number of carbonyl (C=O) groups excluding carboxylic acids is 2. The molecule has 6 nitrogen and oxygen atoms in total. The molecule has 2 aliphatic heterocycles. The van der Waals surface area contributed by atoms with Crippen molar-refractivity contribution in [2.75, 3.05) is 36.8 Å². The number of ketones is 2. The van der Waals surface area contributed by atoms with Gasteiger partial charge >= 0.3 is 0 Å². The zero-order valence-electron chi connectivity index (χ0n) is 18.9. The first-order chi connectivity index (χ1) is 16.2. The van der Waals surface area contributed by atoms with Gasteiger partial charge in [-0.25, -0.2) is 5.01 Å². The Labute approximate surface area is 198 Å². The summed E-state index contributed by atoms with van der Waals surface area (Å²) in [6.07, 6.45) is 3.72. The fourth-order valence-electron chi connectivity index (χ4n) is 4.70. The minimum atomic E-state index is -0.215. The van der Waals surface area contributed by atoms with E-state index in [0.29, 0.717) is 23.5 Å². The van der Waals surface area contributed by atoms with E-state index in [4.69, 9.17) is 5.10 Å². The van der Waals surface area contributed by atoms with Crippen LogP contribution in [0.3, 0.4) is 0 Å². The van der Waals surface area contributed by atoms with Crippen molar-refractivity contribution in [1.82, 2.24) is 9.91 Å². The largest absolute Gasteiger partial charge is 0.301 e. The van der Waals surface area contributed by atoms with Crippen LogP contribution in [0.4, 0.5) is 5.69 Å². The van der Waals surface area contributed by atoms with Crippen LogP contribution < -0.4 is 4.90 Å². The van der Waals surface area contributed by atoms with Crippen molar-refractivity contribution >= 4 is 34.2 Å². The van der Waals surface area contributed by atoms with E-state index in [1.807, 2.05) is 52.4 Å². The Kier molecular flexibility index (Phi) is 6.33. The van der Waals surface area contributed by atoms with E-state index in [9.17, 15) is 9.59 Å². The number of piperidine rings is 1. The van der Waals surface area contributed by atoms with E-state index >= 15 is 0 Å². The van der Waals surface area contributed by atoms with Gasteiger partial charge in [0.2, 0.25) is 11.6 Å². The summed E-state index contributed by atoms with van der Waals surface area (Å²) in [5.41, 5.74) is 2.07. The molecule has 0 radical (unpaired) electrons. The Bertz CT molecular complexity index is 1090. The third kappa shape index (κ3) is 4.11. The molecular formula is C26H28N4O2S. The minimum Gasteiger partial charge on any atom is -0.301 e. The molecule has 0 bridgehead atoms. The first kappa shape index (κ1) is 21.9. The number of fused-ring (bicyclic) bond motifs is 1. The topological polar surface area (TPSA) is 56.2 Å². The number of hydrazone groups is 1. The summed E-state index contributed by atoms with van der Waals surface area (Å²) in [5, 5.41) is 7.61. The SMILES string of the molecule is CCSC1=NN(CCN2CCCCC2)C(=C2C(=O)c3ccccc3C2=O)N1c1ccccc1. The maximum Gasteiger partial charge on any atom is 0.201 e. The first-order valence-electron chi connectivity index (χ1n) is 11.7. The molecule has 1 saturated heterocycles. The number of benzene rings is 2. The predicted molar refractivity (Wildman–Crippen MR) is 134 cm³/mol. The van der Waals surface area contributed by atoms with Gasteiger partial charge in [0.1, 0.15) is 5.57 Å². The number of rotatable bonds is 5. The van der Waals surface area contributed by atoms with Gasteiger partial charge in [-0.1, -0.05) is 67.6 Å². The van der Waals surface area contributed by atoms with Gasteiger partial charge in [-0.3, -0.25) is 14.5 Å². The van der Waals surface area contributed by atoms with Gasteiger partial charge in [0, 0.05) is 23.4 Å². The highest BCUT2D eigenvalue weighted by atomic mass is 32.2. The Balaban J connectivity index is 1.59. The summed E-state index contributed by atoms with van der Waals surface area (Å²) in [6, 6.07) is 17.0. The number of likely N-dealkylation sites (tertiary alicyclic amines) is 1. The van der Waals surface area contributed by atoms with Crippen molar-refractivity contribution in [3.8, 4) is 0 Å². The average molecular weight is 461 g/mol. The molecule has 0 atom stereocenters. The van der Waals surface area contributed by atoms with Gasteiger partial charge in [0.15, 0.2) is 11.0 Å². The van der Waals surface area contributed by atoms with Gasteiger partial charge < -0.3 is 4.90 Å². The molecule has 0 saturated carbocycles. The third-order valence-electron chi connectivity index (χ3n) is 6.31. The molecule has 0 unspecified atom stereocenters. The fourth-order valence-corrected chi connectivity index (χ4v) is 5.44. The van der Waals surface area contributed by atoms with Crippen molar-refractivity contribution in [3.05, 3.63) is 77.1 Å². The summed E-state index contributed by atoms with van der Waals surface area (Å²) in [4.78, 5) is 31.4. The van der Waals surface area contributed by atoms with Gasteiger partial charge in [0.05, 0.1) is 6.54 Å². The zero-order chi connectivity index (χ0) is 22.8. The van der Waals surface area contributed by atoms with Crippen molar-refractivity contribution < 1.29 is 9.59 Å². The van der Waals surface area contributed by atoms with E-state index in [1.54, 1.807) is 23.9 Å². The van der Waals surface area contributed by atoms with Gasteiger partial charge in [-0.2, -0.15) is 0 Å². The van der Waals surface area contributed by atoms with Gasteiger partial charge in [-0.05, 0) is 43.8 Å². The molecular weight excluding hydrogens is 432 g/mol. The number of thioether (sulfide) groups is 1. The average Bonchev–Trinajstić information content (AvgIpc) is 3.33. The fraction of sp³-hybridized carbons (Fsp3) is 0.346. The number of anilines is 1. The monoisotopic (exact) mass is 460 g/mol. The second kappa shape index (κ2) is 9.53. The van der Waals surface area contributed by atoms with Crippen molar-refractivity contribution in [3.63, 3.8) is 0 Å². The molecule has 1 fully saturated rings. The number of para-hydroxylation sites is 1. The predicted octanol–water partition coefficient (Wildman–Crippen LogP) is 4.61. The molecule has 170 valence electrons. The van der Waals surface area contributed by atoms with Crippen molar-refractivity contribution in [2.45, 2.75) is 26.2 Å². The molecule has 2 heterocycles. The van der Waals surface area contributed by atoms with Crippen LogP contribution in [-0.2, 0) is 0 Å². The second-order valence-electron chi connectivity index (χ2n) is 8.41. The van der Waals surface area contributed by atoms with E-state index in [2.05, 4.69) is 11.8 Å². The van der Waals surface area contributed by atoms with Gasteiger partial charge in [-0.15, -0.1) is 5.10 Å². The zero-order valence-corrected chi connectivity index (χ0v) is 19.7. The Hall–Kier alpha value is -2.90. The summed E-state index contributed by atoms with van der Waals surface area (Å²) in [6.45, 7) is 5.74. The highest BCUT2D eigenvalue weighted by molar-refractivity contribution is 8.14. The maximum atomic E-state index is 13.5. The molecule has 1 aliphatic carbocycles. The van der Waals surface area contributed by atoms with Gasteiger partial charge in [0.25, 0.3) is 0 Å². The van der Waals surface area contributed by atoms with Crippen LogP contribution in [0.2, 0.25) is 0 Å². The van der Waals surface area contributed by atoms with Crippen LogP contribution in [-0.4, -0.2) is 58.6 Å². The summed E-state index contributed by atoms with van der Waals surface area (Å²) in [5.74, 6) is 0.993. The van der Waals surface area contributed by atoms with E-state index < -0.39 is 0 Å². The number of carbonyl (C=O) groups is 2. The normalized spacial score (nSPS) is 18.9. The number of hydrogen-bond donors (Lipinski definition) is 0. The van der Waals surface area contributed by atoms with Crippen LogP contribution in [0.1, 0.15) is 46.9 Å². The Morgan fingerprint density at radius 3 is 2.12 bits per heavy atom. The summed E-state index contributed by atoms with van der Waals surface area (Å²) < 4.78 is 0. The minimum absolute atomic E-state index is 0.215. The second-order valence-corrected chi connectivity index (χ2v) is 9.65. The lowest BCUT2D eigenvalue weighted by Crippen LogP contribution is -2.38. The smallest absolute Gasteiger partial charge is 0.201 e. The lowest BCUT2D eigenvalue weighted by atomic mass is 10.1. The Morgan fingerprint density at radius 1 is 0.848 bits per heavy atom. The molecule has 2 aromatic rings. The van der Waals surface area contributed by atoms with E-state index in [1.165, 1.54) is 19.3 Å². The third-order valence-corrected chi connectivity index (χ3v) is 7.12. The lowest BCUT2D eigenvalue weighted by Gasteiger charge is -2.30. The van der Waals surface area contributed by atoms with E-state index in [-0.39, 0.29) is 17.1 Å². The molecule has 0 N–H and O–H groups in total. The number of hydrogen-bond acceptors (Lipinski definition) is 7. The lowest BCUT2D eigenvalue weighted by molar-refractivity contribution is 0.0981.